The zero-order chi connectivity index (χ0) is 15.5. The zero-order valence-corrected chi connectivity index (χ0v) is 14.3. The molecule has 2 unspecified atom stereocenters. The smallest absolute Gasteiger partial charge is 0.124 e. The highest BCUT2D eigenvalue weighted by atomic mass is 16.5. The number of ether oxygens (including phenoxy) is 1. The van der Waals surface area contributed by atoms with E-state index in [4.69, 9.17) is 4.74 Å². The van der Waals surface area contributed by atoms with Gasteiger partial charge in [-0.1, -0.05) is 46.2 Å². The highest BCUT2D eigenvalue weighted by molar-refractivity contribution is 5.42. The topological polar surface area (TPSA) is 21.3 Å². The number of rotatable bonds is 6. The summed E-state index contributed by atoms with van der Waals surface area (Å²) >= 11 is 0. The Kier molecular flexibility index (Phi) is 5.32. The SMILES string of the molecule is CCCCNC1CC(C)(CC)Oc2ccc(C(C)C)cc21. The highest BCUT2D eigenvalue weighted by Gasteiger charge is 2.35. The van der Waals surface area contributed by atoms with Crippen LogP contribution in [0, 0.1) is 0 Å². The van der Waals surface area contributed by atoms with Crippen molar-refractivity contribution in [3.8, 4) is 5.75 Å². The zero-order valence-electron chi connectivity index (χ0n) is 14.3. The van der Waals surface area contributed by atoms with E-state index in [0.717, 1.165) is 25.1 Å². The number of benzene rings is 1. The molecule has 118 valence electrons. The van der Waals surface area contributed by atoms with Crippen LogP contribution in [0.4, 0.5) is 0 Å². The van der Waals surface area contributed by atoms with E-state index in [1.54, 1.807) is 0 Å². The maximum Gasteiger partial charge on any atom is 0.124 e. The van der Waals surface area contributed by atoms with Crippen LogP contribution >= 0.6 is 0 Å². The van der Waals surface area contributed by atoms with Gasteiger partial charge in [0.25, 0.3) is 0 Å². The Morgan fingerprint density at radius 3 is 2.71 bits per heavy atom. The number of fused-ring (bicyclic) bond motifs is 1. The predicted octanol–water partition coefficient (Wildman–Crippen LogP) is 5.19. The van der Waals surface area contributed by atoms with E-state index in [1.807, 2.05) is 0 Å². The average Bonchev–Trinajstić information content (AvgIpc) is 2.47. The van der Waals surface area contributed by atoms with Crippen LogP contribution in [0.25, 0.3) is 0 Å². The van der Waals surface area contributed by atoms with Gasteiger partial charge in [-0.25, -0.2) is 0 Å². The Morgan fingerprint density at radius 1 is 1.33 bits per heavy atom. The maximum absolute atomic E-state index is 6.30. The Morgan fingerprint density at radius 2 is 2.10 bits per heavy atom. The fourth-order valence-electron chi connectivity index (χ4n) is 2.99. The molecule has 0 saturated heterocycles. The minimum absolute atomic E-state index is 0.0454. The van der Waals surface area contributed by atoms with Crippen LogP contribution in [-0.2, 0) is 0 Å². The van der Waals surface area contributed by atoms with Crippen molar-refractivity contribution in [2.45, 2.75) is 77.9 Å². The van der Waals surface area contributed by atoms with Gasteiger partial charge in [-0.15, -0.1) is 0 Å². The Hall–Kier alpha value is -1.02. The minimum Gasteiger partial charge on any atom is -0.487 e. The predicted molar refractivity (Wildman–Crippen MR) is 90.1 cm³/mol. The molecule has 1 aromatic carbocycles. The molecule has 2 atom stereocenters. The summed E-state index contributed by atoms with van der Waals surface area (Å²) in [6.07, 6.45) is 4.58. The summed E-state index contributed by atoms with van der Waals surface area (Å²) in [7, 11) is 0. The molecule has 0 fully saturated rings. The maximum atomic E-state index is 6.30. The normalized spacial score (nSPS) is 24.8. The lowest BCUT2D eigenvalue weighted by atomic mass is 9.85. The van der Waals surface area contributed by atoms with Gasteiger partial charge in [-0.2, -0.15) is 0 Å². The molecule has 0 saturated carbocycles. The average molecular weight is 289 g/mol. The molecule has 1 aliphatic rings. The van der Waals surface area contributed by atoms with Crippen molar-refractivity contribution in [3.63, 3.8) is 0 Å². The van der Waals surface area contributed by atoms with Gasteiger partial charge in [-0.05, 0) is 43.9 Å². The molecule has 1 aromatic rings. The summed E-state index contributed by atoms with van der Waals surface area (Å²) in [5, 5.41) is 3.75. The first kappa shape index (κ1) is 16.4. The second kappa shape index (κ2) is 6.83. The van der Waals surface area contributed by atoms with Crippen molar-refractivity contribution in [3.05, 3.63) is 29.3 Å². The van der Waals surface area contributed by atoms with E-state index in [0.29, 0.717) is 12.0 Å². The molecule has 0 amide bonds. The summed E-state index contributed by atoms with van der Waals surface area (Å²) in [6, 6.07) is 7.16. The van der Waals surface area contributed by atoms with Gasteiger partial charge in [0.1, 0.15) is 11.4 Å². The van der Waals surface area contributed by atoms with Crippen LogP contribution in [0.15, 0.2) is 18.2 Å². The summed E-state index contributed by atoms with van der Waals surface area (Å²) in [4.78, 5) is 0. The summed E-state index contributed by atoms with van der Waals surface area (Å²) in [5.41, 5.74) is 2.71. The van der Waals surface area contributed by atoms with Crippen molar-refractivity contribution >= 4 is 0 Å². The van der Waals surface area contributed by atoms with Crippen LogP contribution < -0.4 is 10.1 Å². The second-order valence-corrected chi connectivity index (χ2v) is 6.92. The molecule has 1 N–H and O–H groups in total. The fraction of sp³-hybridized carbons (Fsp3) is 0.684. The molecule has 0 aromatic heterocycles. The number of unbranched alkanes of at least 4 members (excludes halogenated alkanes) is 1. The molecule has 21 heavy (non-hydrogen) atoms. The van der Waals surface area contributed by atoms with E-state index in [9.17, 15) is 0 Å². The monoisotopic (exact) mass is 289 g/mol. The van der Waals surface area contributed by atoms with Gasteiger partial charge >= 0.3 is 0 Å². The first-order valence-corrected chi connectivity index (χ1v) is 8.55. The van der Waals surface area contributed by atoms with E-state index >= 15 is 0 Å². The minimum atomic E-state index is -0.0454. The van der Waals surface area contributed by atoms with Crippen molar-refractivity contribution in [1.29, 1.82) is 0 Å². The molecule has 1 aliphatic heterocycles. The number of hydrogen-bond donors (Lipinski definition) is 1. The van der Waals surface area contributed by atoms with Crippen LogP contribution in [0.3, 0.4) is 0 Å². The fourth-order valence-corrected chi connectivity index (χ4v) is 2.99. The standard InChI is InChI=1S/C19H31NO/c1-6-8-11-20-17-13-19(5,7-2)21-18-10-9-15(14(3)4)12-16(17)18/h9-10,12,14,17,20H,6-8,11,13H2,1-5H3. The van der Waals surface area contributed by atoms with E-state index in [-0.39, 0.29) is 5.60 Å². The van der Waals surface area contributed by atoms with Gasteiger partial charge in [-0.3, -0.25) is 0 Å². The lowest BCUT2D eigenvalue weighted by Crippen LogP contribution is -2.41. The van der Waals surface area contributed by atoms with Crippen LogP contribution in [-0.4, -0.2) is 12.1 Å². The third kappa shape index (κ3) is 3.79. The second-order valence-electron chi connectivity index (χ2n) is 6.92. The van der Waals surface area contributed by atoms with Crippen LogP contribution in [0.1, 0.15) is 83.4 Å². The Labute approximate surface area is 130 Å². The Balaban J connectivity index is 2.29. The highest BCUT2D eigenvalue weighted by Crippen LogP contribution is 2.42. The third-order valence-electron chi connectivity index (χ3n) is 4.74. The molecule has 0 aliphatic carbocycles. The van der Waals surface area contributed by atoms with E-state index < -0.39 is 0 Å². The molecule has 0 bridgehead atoms. The van der Waals surface area contributed by atoms with Gasteiger partial charge in [0.15, 0.2) is 0 Å². The van der Waals surface area contributed by atoms with Crippen molar-refractivity contribution in [1.82, 2.24) is 5.32 Å². The molecular formula is C19H31NO. The molecule has 0 radical (unpaired) electrons. The summed E-state index contributed by atoms with van der Waals surface area (Å²) < 4.78 is 6.30. The summed E-state index contributed by atoms with van der Waals surface area (Å²) in [6.45, 7) is 12.3. The van der Waals surface area contributed by atoms with Gasteiger partial charge in [0, 0.05) is 18.0 Å². The lowest BCUT2D eigenvalue weighted by Gasteiger charge is -2.40. The van der Waals surface area contributed by atoms with Gasteiger partial charge in [0.05, 0.1) is 0 Å². The van der Waals surface area contributed by atoms with Gasteiger partial charge in [0.2, 0.25) is 0 Å². The van der Waals surface area contributed by atoms with Crippen LogP contribution in [0.5, 0.6) is 5.75 Å². The molecule has 2 heteroatoms. The van der Waals surface area contributed by atoms with Crippen molar-refractivity contribution in [2.24, 2.45) is 0 Å². The Bertz CT molecular complexity index is 469. The number of hydrogen-bond acceptors (Lipinski definition) is 2. The number of nitrogens with one attached hydrogen (secondary N) is 1. The molecule has 0 spiro atoms. The van der Waals surface area contributed by atoms with E-state index in [2.05, 4.69) is 58.1 Å². The van der Waals surface area contributed by atoms with Crippen molar-refractivity contribution in [2.75, 3.05) is 6.54 Å². The van der Waals surface area contributed by atoms with Gasteiger partial charge < -0.3 is 10.1 Å². The third-order valence-corrected chi connectivity index (χ3v) is 4.74. The molecule has 2 rings (SSSR count). The van der Waals surface area contributed by atoms with Crippen LogP contribution in [0.2, 0.25) is 0 Å². The molecular weight excluding hydrogens is 258 g/mol. The molecule has 2 nitrogen and oxygen atoms in total. The van der Waals surface area contributed by atoms with E-state index in [1.165, 1.54) is 24.0 Å². The quantitative estimate of drug-likeness (QED) is 0.727. The first-order valence-electron chi connectivity index (χ1n) is 8.55. The molecule has 1 heterocycles. The lowest BCUT2D eigenvalue weighted by molar-refractivity contribution is 0.0442. The first-order chi connectivity index (χ1) is 9.99. The summed E-state index contributed by atoms with van der Waals surface area (Å²) in [5.74, 6) is 1.63. The largest absolute Gasteiger partial charge is 0.487 e. The van der Waals surface area contributed by atoms with Crippen molar-refractivity contribution < 1.29 is 4.74 Å².